The van der Waals surface area contributed by atoms with Crippen molar-refractivity contribution in [3.8, 4) is 0 Å². The molecule has 5 nitrogen and oxygen atoms in total. The van der Waals surface area contributed by atoms with Gasteiger partial charge in [-0.1, -0.05) is 6.42 Å². The molecule has 0 N–H and O–H groups in total. The van der Waals surface area contributed by atoms with E-state index in [0.29, 0.717) is 19.3 Å². The Kier molecular flexibility index (Phi) is 4.12. The van der Waals surface area contributed by atoms with Crippen LogP contribution < -0.4 is 0 Å². The molecule has 0 spiro atoms. The Morgan fingerprint density at radius 1 is 1.12 bits per heavy atom. The summed E-state index contributed by atoms with van der Waals surface area (Å²) in [6.07, 6.45) is 3.07. The monoisotopic (exact) mass is 268 g/mol. The van der Waals surface area contributed by atoms with Crippen molar-refractivity contribution in [3.63, 3.8) is 0 Å². The van der Waals surface area contributed by atoms with Crippen LogP contribution in [0.15, 0.2) is 0 Å². The highest BCUT2D eigenvalue weighted by Crippen LogP contribution is 2.21. The third-order valence-corrected chi connectivity index (χ3v) is 6.01. The maximum atomic E-state index is 11.8. The molecule has 7 heteroatoms. The predicted octanol–water partition coefficient (Wildman–Crippen LogP) is -0.0425. The lowest BCUT2D eigenvalue weighted by Gasteiger charge is -2.20. The van der Waals surface area contributed by atoms with Crippen molar-refractivity contribution in [1.29, 1.82) is 0 Å². The third kappa shape index (κ3) is 3.86. The van der Waals surface area contributed by atoms with Crippen LogP contribution in [0.25, 0.3) is 0 Å². The van der Waals surface area contributed by atoms with Crippen LogP contribution >= 0.6 is 0 Å². The largest absolute Gasteiger partial charge is 0.298 e. The van der Waals surface area contributed by atoms with E-state index in [1.807, 2.05) is 0 Å². The predicted molar refractivity (Wildman–Crippen MR) is 60.8 cm³/mol. The van der Waals surface area contributed by atoms with Crippen molar-refractivity contribution in [2.45, 2.75) is 30.9 Å². The number of Topliss-reactive ketones (excluding diaryl/α,β-unsaturated/α-hetero) is 1. The topological polar surface area (TPSA) is 85.3 Å². The maximum Gasteiger partial charge on any atom is 0.161 e. The van der Waals surface area contributed by atoms with E-state index < -0.39 is 36.4 Å². The minimum absolute atomic E-state index is 0.264. The Balaban J connectivity index is 2.73. The minimum atomic E-state index is -3.59. The quantitative estimate of drug-likeness (QED) is 0.714. The summed E-state index contributed by atoms with van der Waals surface area (Å²) in [5.41, 5.74) is 0. The van der Waals surface area contributed by atoms with Gasteiger partial charge in [-0.3, -0.25) is 4.79 Å². The first-order valence-corrected chi connectivity index (χ1v) is 8.92. The summed E-state index contributed by atoms with van der Waals surface area (Å²) in [4.78, 5) is 11.4. The fourth-order valence-corrected chi connectivity index (χ4v) is 5.21. The van der Waals surface area contributed by atoms with Crippen molar-refractivity contribution >= 4 is 25.5 Å². The number of ketones is 1. The van der Waals surface area contributed by atoms with Gasteiger partial charge in [0.25, 0.3) is 0 Å². The average Bonchev–Trinajstić information content (AvgIpc) is 2.14. The molecule has 0 aromatic rings. The maximum absolute atomic E-state index is 11.8. The van der Waals surface area contributed by atoms with Gasteiger partial charge in [0, 0.05) is 12.7 Å². The number of hydrogen-bond donors (Lipinski definition) is 0. The minimum Gasteiger partial charge on any atom is -0.298 e. The first-order valence-electron chi connectivity index (χ1n) is 5.14. The van der Waals surface area contributed by atoms with Crippen molar-refractivity contribution in [2.24, 2.45) is 0 Å². The molecule has 0 saturated heterocycles. The smallest absolute Gasteiger partial charge is 0.161 e. The molecule has 0 heterocycles. The molecule has 0 bridgehead atoms. The summed E-state index contributed by atoms with van der Waals surface area (Å²) in [6, 6.07) is 0. The van der Waals surface area contributed by atoms with Gasteiger partial charge in [-0.25, -0.2) is 16.8 Å². The second kappa shape index (κ2) is 4.83. The molecule has 1 rings (SSSR count). The lowest BCUT2D eigenvalue weighted by atomic mass is 9.99. The van der Waals surface area contributed by atoms with Gasteiger partial charge in [-0.15, -0.1) is 0 Å². The van der Waals surface area contributed by atoms with Gasteiger partial charge in [0.05, 0.1) is 11.5 Å². The number of carbonyl (C=O) groups is 1. The van der Waals surface area contributed by atoms with Crippen LogP contribution in [-0.2, 0) is 24.5 Å². The highest BCUT2D eigenvalue weighted by atomic mass is 32.2. The molecular weight excluding hydrogens is 252 g/mol. The van der Waals surface area contributed by atoms with Gasteiger partial charge >= 0.3 is 0 Å². The van der Waals surface area contributed by atoms with Crippen molar-refractivity contribution in [1.82, 2.24) is 0 Å². The van der Waals surface area contributed by atoms with E-state index >= 15 is 0 Å². The van der Waals surface area contributed by atoms with E-state index in [1.165, 1.54) is 0 Å². The van der Waals surface area contributed by atoms with Crippen LogP contribution in [0.3, 0.4) is 0 Å². The van der Waals surface area contributed by atoms with E-state index in [0.717, 1.165) is 12.7 Å². The zero-order valence-corrected chi connectivity index (χ0v) is 10.8. The summed E-state index contributed by atoms with van der Waals surface area (Å²) in [6.45, 7) is 0. The van der Waals surface area contributed by atoms with Gasteiger partial charge in [0.15, 0.2) is 15.6 Å². The Bertz CT molecular complexity index is 460. The van der Waals surface area contributed by atoms with Crippen LogP contribution in [0.4, 0.5) is 0 Å². The highest BCUT2D eigenvalue weighted by Gasteiger charge is 2.34. The van der Waals surface area contributed by atoms with Crippen molar-refractivity contribution in [3.05, 3.63) is 0 Å². The summed E-state index contributed by atoms with van der Waals surface area (Å²) in [5, 5.41) is -0.969. The molecule has 1 aliphatic rings. The summed E-state index contributed by atoms with van der Waals surface area (Å²) in [7, 11) is -6.90. The average molecular weight is 268 g/mol. The van der Waals surface area contributed by atoms with Gasteiger partial charge < -0.3 is 0 Å². The Morgan fingerprint density at radius 2 is 1.75 bits per heavy atom. The normalized spacial score (nSPS) is 23.3. The molecule has 1 aliphatic carbocycles. The van der Waals surface area contributed by atoms with Crippen molar-refractivity contribution < 1.29 is 21.6 Å². The molecule has 0 aliphatic heterocycles. The van der Waals surface area contributed by atoms with Gasteiger partial charge in [0.1, 0.15) is 15.1 Å². The van der Waals surface area contributed by atoms with E-state index in [-0.39, 0.29) is 5.78 Å². The van der Waals surface area contributed by atoms with Crippen LogP contribution in [0.2, 0.25) is 0 Å². The Morgan fingerprint density at radius 3 is 2.25 bits per heavy atom. The lowest BCUT2D eigenvalue weighted by molar-refractivity contribution is -0.119. The van der Waals surface area contributed by atoms with Crippen LogP contribution in [0, 0.1) is 0 Å². The number of carbonyl (C=O) groups excluding carboxylic acids is 1. The van der Waals surface area contributed by atoms with Crippen LogP contribution in [0.5, 0.6) is 0 Å². The molecule has 1 atom stereocenters. The molecule has 94 valence electrons. The number of hydrogen-bond acceptors (Lipinski definition) is 5. The zero-order chi connectivity index (χ0) is 12.4. The number of sulfone groups is 2. The Hall–Kier alpha value is -0.430. The zero-order valence-electron chi connectivity index (χ0n) is 9.18. The van der Waals surface area contributed by atoms with E-state index in [9.17, 15) is 21.6 Å². The summed E-state index contributed by atoms with van der Waals surface area (Å²) < 4.78 is 45.3. The molecule has 0 aromatic heterocycles. The molecule has 0 radical (unpaired) electrons. The highest BCUT2D eigenvalue weighted by molar-refractivity contribution is 7.95. The molecule has 0 aromatic carbocycles. The molecule has 16 heavy (non-hydrogen) atoms. The molecule has 1 fully saturated rings. The Labute approximate surface area is 96.1 Å². The van der Waals surface area contributed by atoms with Gasteiger partial charge in [0.2, 0.25) is 0 Å². The third-order valence-electron chi connectivity index (χ3n) is 2.67. The summed E-state index contributed by atoms with van der Waals surface area (Å²) >= 11 is 0. The van der Waals surface area contributed by atoms with Gasteiger partial charge in [-0.2, -0.15) is 0 Å². The second-order valence-electron chi connectivity index (χ2n) is 4.20. The first kappa shape index (κ1) is 13.6. The van der Waals surface area contributed by atoms with Crippen LogP contribution in [-0.4, -0.2) is 45.6 Å². The lowest BCUT2D eigenvalue weighted by Crippen LogP contribution is -2.36. The molecule has 1 saturated carbocycles. The summed E-state index contributed by atoms with van der Waals surface area (Å²) in [5.74, 6) is -1.11. The molecular formula is C9H16O5S2. The standard InChI is InChI=1S/C9H16O5S2/c1-15(11,12)6-7-16(13,14)9-5-3-2-4-8(9)10/h9H,2-7H2,1H3. The van der Waals surface area contributed by atoms with Crippen molar-refractivity contribution in [2.75, 3.05) is 17.8 Å². The van der Waals surface area contributed by atoms with Crippen LogP contribution in [0.1, 0.15) is 25.7 Å². The first-order chi connectivity index (χ1) is 7.22. The van der Waals surface area contributed by atoms with E-state index in [2.05, 4.69) is 0 Å². The molecule has 1 unspecified atom stereocenters. The second-order valence-corrected chi connectivity index (χ2v) is 8.76. The molecule has 0 amide bonds. The fourth-order valence-electron chi connectivity index (χ4n) is 1.74. The number of rotatable bonds is 4. The fraction of sp³-hybridized carbons (Fsp3) is 0.889. The SMILES string of the molecule is CS(=O)(=O)CCS(=O)(=O)C1CCCCC1=O. The van der Waals surface area contributed by atoms with E-state index in [4.69, 9.17) is 0 Å². The van der Waals surface area contributed by atoms with E-state index in [1.54, 1.807) is 0 Å². The van der Waals surface area contributed by atoms with Gasteiger partial charge in [-0.05, 0) is 12.8 Å².